The lowest BCUT2D eigenvalue weighted by Crippen LogP contribution is -2.43. The minimum absolute atomic E-state index is 0.323. The summed E-state index contributed by atoms with van der Waals surface area (Å²) >= 11 is 0. The molecule has 0 bridgehead atoms. The highest BCUT2D eigenvalue weighted by atomic mass is 16.5. The maximum atomic E-state index is 10.8. The van der Waals surface area contributed by atoms with Crippen LogP contribution in [-0.2, 0) is 11.2 Å². The topological polar surface area (TPSA) is 88.1 Å². The summed E-state index contributed by atoms with van der Waals surface area (Å²) in [6.07, 6.45) is 5.92. The number of hydrogen-bond acceptors (Lipinski definition) is 5. The van der Waals surface area contributed by atoms with Gasteiger partial charge in [0.15, 0.2) is 0 Å². The van der Waals surface area contributed by atoms with Gasteiger partial charge in [-0.05, 0) is 42.2 Å². The van der Waals surface area contributed by atoms with Crippen molar-refractivity contribution in [3.63, 3.8) is 0 Å². The highest BCUT2D eigenvalue weighted by Gasteiger charge is 2.22. The number of rotatable bonds is 8. The standard InChI is InChI=1S/C23H25N3O3/c1-29-20-13-10-17(11-14-20)9-12-19-16-21(18-6-3-2-4-7-18)25-26(23(19)24)15-5-8-22(27)28/h2-8,10-11,13-14,16,23H,9,12,15,24H2,1H3,(H,27,28)/b8-5+. The molecule has 1 heterocycles. The molecule has 0 radical (unpaired) electrons. The van der Waals surface area contributed by atoms with Gasteiger partial charge in [-0.2, -0.15) is 5.10 Å². The van der Waals surface area contributed by atoms with E-state index in [4.69, 9.17) is 15.6 Å². The molecule has 0 saturated carbocycles. The van der Waals surface area contributed by atoms with Crippen LogP contribution in [0.3, 0.4) is 0 Å². The maximum absolute atomic E-state index is 10.8. The molecule has 3 rings (SSSR count). The summed E-state index contributed by atoms with van der Waals surface area (Å²) in [6.45, 7) is 0.323. The summed E-state index contributed by atoms with van der Waals surface area (Å²) in [5.74, 6) is -0.157. The molecule has 1 unspecified atom stereocenters. The summed E-state index contributed by atoms with van der Waals surface area (Å²) in [5.41, 5.74) is 10.5. The van der Waals surface area contributed by atoms with Crippen LogP contribution >= 0.6 is 0 Å². The first-order valence-corrected chi connectivity index (χ1v) is 9.46. The van der Waals surface area contributed by atoms with E-state index in [0.29, 0.717) is 6.54 Å². The molecule has 1 aliphatic heterocycles. The Bertz CT molecular complexity index is 918. The predicted octanol–water partition coefficient (Wildman–Crippen LogP) is 3.20. The lowest BCUT2D eigenvalue weighted by Gasteiger charge is -2.31. The van der Waals surface area contributed by atoms with E-state index in [2.05, 4.69) is 5.10 Å². The highest BCUT2D eigenvalue weighted by molar-refractivity contribution is 6.09. The zero-order valence-corrected chi connectivity index (χ0v) is 16.4. The number of methoxy groups -OCH3 is 1. The Hall–Kier alpha value is -3.38. The van der Waals surface area contributed by atoms with Gasteiger partial charge < -0.3 is 15.6 Å². The van der Waals surface area contributed by atoms with Gasteiger partial charge in [-0.3, -0.25) is 5.01 Å². The molecule has 1 aliphatic rings. The van der Waals surface area contributed by atoms with Crippen molar-refractivity contribution in [2.24, 2.45) is 10.8 Å². The van der Waals surface area contributed by atoms with Crippen LogP contribution in [0.1, 0.15) is 17.5 Å². The minimum atomic E-state index is -0.988. The van der Waals surface area contributed by atoms with Crippen LogP contribution in [0, 0.1) is 0 Å². The van der Waals surface area contributed by atoms with Crippen molar-refractivity contribution in [2.75, 3.05) is 13.7 Å². The van der Waals surface area contributed by atoms with Gasteiger partial charge in [0, 0.05) is 11.6 Å². The van der Waals surface area contributed by atoms with Gasteiger partial charge in [-0.25, -0.2) is 4.79 Å². The van der Waals surface area contributed by atoms with E-state index in [1.54, 1.807) is 18.2 Å². The lowest BCUT2D eigenvalue weighted by molar-refractivity contribution is -0.131. The van der Waals surface area contributed by atoms with Crippen LogP contribution in [0.4, 0.5) is 0 Å². The Morgan fingerprint density at radius 2 is 1.90 bits per heavy atom. The first-order chi connectivity index (χ1) is 14.1. The van der Waals surface area contributed by atoms with Crippen LogP contribution in [0.2, 0.25) is 0 Å². The average molecular weight is 391 g/mol. The highest BCUT2D eigenvalue weighted by Crippen LogP contribution is 2.22. The average Bonchev–Trinajstić information content (AvgIpc) is 2.74. The monoisotopic (exact) mass is 391 g/mol. The van der Waals surface area contributed by atoms with E-state index in [1.807, 2.05) is 60.7 Å². The molecule has 2 aromatic carbocycles. The second kappa shape index (κ2) is 9.71. The van der Waals surface area contributed by atoms with Gasteiger partial charge in [-0.1, -0.05) is 48.5 Å². The summed E-state index contributed by atoms with van der Waals surface area (Å²) < 4.78 is 5.21. The van der Waals surface area contributed by atoms with Gasteiger partial charge in [0.1, 0.15) is 11.9 Å². The first kappa shape index (κ1) is 20.4. The number of allylic oxidation sites excluding steroid dienone is 1. The van der Waals surface area contributed by atoms with Crippen molar-refractivity contribution in [3.8, 4) is 5.75 Å². The van der Waals surface area contributed by atoms with Gasteiger partial charge in [0.2, 0.25) is 0 Å². The van der Waals surface area contributed by atoms with Crippen LogP contribution in [0.25, 0.3) is 0 Å². The van der Waals surface area contributed by atoms with Gasteiger partial charge >= 0.3 is 5.97 Å². The van der Waals surface area contributed by atoms with E-state index >= 15 is 0 Å². The molecule has 0 spiro atoms. The fraction of sp³-hybridized carbons (Fsp3) is 0.217. The number of carboxylic acid groups (broad SMARTS) is 1. The Kier molecular flexibility index (Phi) is 6.81. The number of nitrogens with two attached hydrogens (primary N) is 1. The Balaban J connectivity index is 1.80. The van der Waals surface area contributed by atoms with Crippen LogP contribution in [0.15, 0.2) is 83.5 Å². The van der Waals surface area contributed by atoms with Crippen molar-refractivity contribution in [3.05, 3.63) is 89.5 Å². The van der Waals surface area contributed by atoms with Gasteiger partial charge in [0.05, 0.1) is 19.4 Å². The normalized spacial score (nSPS) is 16.5. The Labute approximate surface area is 170 Å². The number of aryl methyl sites for hydroxylation is 1. The number of hydrazone groups is 1. The number of ether oxygens (including phenoxy) is 1. The third kappa shape index (κ3) is 5.56. The van der Waals surface area contributed by atoms with Crippen molar-refractivity contribution in [1.29, 1.82) is 0 Å². The molecule has 3 N–H and O–H groups in total. The van der Waals surface area contributed by atoms with E-state index in [0.717, 1.165) is 41.5 Å². The van der Waals surface area contributed by atoms with E-state index in [9.17, 15) is 4.79 Å². The molecule has 1 atom stereocenters. The second-order valence-electron chi connectivity index (χ2n) is 6.73. The number of aliphatic carboxylic acids is 1. The smallest absolute Gasteiger partial charge is 0.328 e. The van der Waals surface area contributed by atoms with Crippen molar-refractivity contribution in [2.45, 2.75) is 19.0 Å². The van der Waals surface area contributed by atoms with E-state index in [-0.39, 0.29) is 0 Å². The SMILES string of the molecule is COc1ccc(CCC2=CC(c3ccccc3)=NN(C/C=C/C(=O)O)C2N)cc1. The van der Waals surface area contributed by atoms with Crippen LogP contribution < -0.4 is 10.5 Å². The summed E-state index contributed by atoms with van der Waals surface area (Å²) in [7, 11) is 1.65. The van der Waals surface area contributed by atoms with Gasteiger partial charge in [-0.15, -0.1) is 0 Å². The number of nitrogens with zero attached hydrogens (tertiary/aromatic N) is 2. The molecule has 2 aromatic rings. The molecule has 150 valence electrons. The lowest BCUT2D eigenvalue weighted by atomic mass is 9.98. The number of carboxylic acids is 1. The van der Waals surface area contributed by atoms with Crippen molar-refractivity contribution in [1.82, 2.24) is 5.01 Å². The number of hydrogen-bond donors (Lipinski definition) is 2. The fourth-order valence-electron chi connectivity index (χ4n) is 3.15. The van der Waals surface area contributed by atoms with Crippen molar-refractivity contribution < 1.29 is 14.6 Å². The third-order valence-electron chi connectivity index (χ3n) is 4.74. The molecular formula is C23H25N3O3. The van der Waals surface area contributed by atoms with E-state index in [1.165, 1.54) is 5.56 Å². The molecule has 0 fully saturated rings. The Morgan fingerprint density at radius 1 is 1.17 bits per heavy atom. The zero-order chi connectivity index (χ0) is 20.6. The molecule has 0 aromatic heterocycles. The summed E-state index contributed by atoms with van der Waals surface area (Å²) in [4.78, 5) is 10.8. The van der Waals surface area contributed by atoms with Gasteiger partial charge in [0.25, 0.3) is 0 Å². The Morgan fingerprint density at radius 3 is 2.55 bits per heavy atom. The molecule has 0 aliphatic carbocycles. The second-order valence-corrected chi connectivity index (χ2v) is 6.73. The van der Waals surface area contributed by atoms with Crippen molar-refractivity contribution >= 4 is 11.7 Å². The zero-order valence-electron chi connectivity index (χ0n) is 16.4. The summed E-state index contributed by atoms with van der Waals surface area (Å²) in [5, 5.41) is 15.2. The molecule has 0 saturated heterocycles. The number of carbonyl (C=O) groups is 1. The fourth-order valence-corrected chi connectivity index (χ4v) is 3.15. The minimum Gasteiger partial charge on any atom is -0.497 e. The first-order valence-electron chi connectivity index (χ1n) is 9.46. The summed E-state index contributed by atoms with van der Waals surface area (Å²) in [6, 6.07) is 17.9. The number of benzene rings is 2. The predicted molar refractivity (Wildman–Crippen MR) is 114 cm³/mol. The van der Waals surface area contributed by atoms with Crippen LogP contribution in [0.5, 0.6) is 5.75 Å². The quantitative estimate of drug-likeness (QED) is 0.675. The van der Waals surface area contributed by atoms with E-state index < -0.39 is 12.1 Å². The molecule has 29 heavy (non-hydrogen) atoms. The molecule has 6 heteroatoms. The molecular weight excluding hydrogens is 366 g/mol. The molecule has 6 nitrogen and oxygen atoms in total. The molecule has 0 amide bonds. The maximum Gasteiger partial charge on any atom is 0.328 e. The largest absolute Gasteiger partial charge is 0.497 e. The van der Waals surface area contributed by atoms with Crippen LogP contribution in [-0.4, -0.2) is 41.6 Å². The third-order valence-corrected chi connectivity index (χ3v) is 4.74.